The number of sulfone groups is 1. The zero-order valence-electron chi connectivity index (χ0n) is 14.2. The number of aromatic nitrogens is 1. The normalized spacial score (nSPS) is 11.7. The molecule has 0 saturated heterocycles. The second kappa shape index (κ2) is 7.34. The average Bonchev–Trinajstić information content (AvgIpc) is 3.03. The van der Waals surface area contributed by atoms with Gasteiger partial charge in [0, 0.05) is 0 Å². The number of nitrogens with one attached hydrogen (secondary N) is 1. The highest BCUT2D eigenvalue weighted by atomic mass is 35.5. The zero-order valence-corrected chi connectivity index (χ0v) is 16.6. The zero-order chi connectivity index (χ0) is 18.9. The van der Waals surface area contributed by atoms with Crippen LogP contribution in [-0.2, 0) is 21.1 Å². The number of thiazole rings is 1. The summed E-state index contributed by atoms with van der Waals surface area (Å²) < 4.78 is 24.5. The lowest BCUT2D eigenvalue weighted by Gasteiger charge is -2.04. The molecule has 0 fully saturated rings. The third-order valence-electron chi connectivity index (χ3n) is 3.97. The Bertz CT molecular complexity index is 1030. The summed E-state index contributed by atoms with van der Waals surface area (Å²) in [6.45, 7) is 3.54. The van der Waals surface area contributed by atoms with Gasteiger partial charge >= 0.3 is 0 Å². The Balaban J connectivity index is 1.73. The number of halogens is 1. The molecule has 3 rings (SSSR count). The number of hydrogen-bond acceptors (Lipinski definition) is 5. The fraction of sp³-hybridized carbons (Fsp3) is 0.222. The van der Waals surface area contributed by atoms with Crippen molar-refractivity contribution in [2.24, 2.45) is 0 Å². The Morgan fingerprint density at radius 1 is 1.19 bits per heavy atom. The first-order valence-corrected chi connectivity index (χ1v) is 10.8. The average molecular weight is 409 g/mol. The molecule has 1 heterocycles. The van der Waals surface area contributed by atoms with Crippen LogP contribution < -0.4 is 5.32 Å². The number of aryl methyl sites for hydroxylation is 1. The van der Waals surface area contributed by atoms with Crippen molar-refractivity contribution in [3.63, 3.8) is 0 Å². The van der Waals surface area contributed by atoms with Crippen LogP contribution >= 0.6 is 22.9 Å². The van der Waals surface area contributed by atoms with Gasteiger partial charge in [-0.15, -0.1) is 0 Å². The van der Waals surface area contributed by atoms with Crippen LogP contribution in [0.2, 0.25) is 5.02 Å². The summed E-state index contributed by atoms with van der Waals surface area (Å²) in [6, 6.07) is 10.1. The predicted molar refractivity (Wildman–Crippen MR) is 106 cm³/mol. The van der Waals surface area contributed by atoms with Crippen molar-refractivity contribution in [3.05, 3.63) is 52.5 Å². The highest BCUT2D eigenvalue weighted by Crippen LogP contribution is 2.33. The molecule has 0 aliphatic carbocycles. The highest BCUT2D eigenvalue weighted by molar-refractivity contribution is 7.91. The SMILES string of the molecule is CCS(=O)(=O)c1ccc(CC(=O)Nc2nc3c(C)ccc(Cl)c3s2)cc1. The van der Waals surface area contributed by atoms with Gasteiger partial charge in [0.2, 0.25) is 5.91 Å². The molecular weight excluding hydrogens is 392 g/mol. The fourth-order valence-electron chi connectivity index (χ4n) is 2.49. The molecule has 26 heavy (non-hydrogen) atoms. The second-order valence-corrected chi connectivity index (χ2v) is 9.52. The van der Waals surface area contributed by atoms with Gasteiger partial charge in [0.1, 0.15) is 0 Å². The van der Waals surface area contributed by atoms with Crippen LogP contribution in [0.15, 0.2) is 41.3 Å². The van der Waals surface area contributed by atoms with Crippen LogP contribution in [0, 0.1) is 6.92 Å². The summed E-state index contributed by atoms with van der Waals surface area (Å²) in [6.07, 6.45) is 0.134. The third-order valence-corrected chi connectivity index (χ3v) is 7.15. The van der Waals surface area contributed by atoms with E-state index in [1.165, 1.54) is 23.5 Å². The van der Waals surface area contributed by atoms with E-state index in [2.05, 4.69) is 10.3 Å². The maximum Gasteiger partial charge on any atom is 0.230 e. The number of benzene rings is 2. The molecule has 0 radical (unpaired) electrons. The first kappa shape index (κ1) is 18.8. The molecule has 0 bridgehead atoms. The Hall–Kier alpha value is -1.96. The predicted octanol–water partition coefficient (Wildman–Crippen LogP) is 4.23. The number of carbonyl (C=O) groups is 1. The topological polar surface area (TPSA) is 76.1 Å². The van der Waals surface area contributed by atoms with Crippen molar-refractivity contribution in [1.29, 1.82) is 0 Å². The number of rotatable bonds is 5. The minimum Gasteiger partial charge on any atom is -0.302 e. The molecular formula is C18H17ClN2O3S2. The summed E-state index contributed by atoms with van der Waals surface area (Å²) in [5, 5.41) is 3.88. The minimum absolute atomic E-state index is 0.0480. The minimum atomic E-state index is -3.24. The van der Waals surface area contributed by atoms with Crippen molar-refractivity contribution in [2.75, 3.05) is 11.1 Å². The molecule has 0 spiro atoms. The summed E-state index contributed by atoms with van der Waals surface area (Å²) in [7, 11) is -3.24. The van der Waals surface area contributed by atoms with Crippen LogP contribution in [0.25, 0.3) is 10.2 Å². The monoisotopic (exact) mass is 408 g/mol. The Kier molecular flexibility index (Phi) is 5.32. The van der Waals surface area contributed by atoms with Crippen molar-refractivity contribution in [2.45, 2.75) is 25.2 Å². The van der Waals surface area contributed by atoms with Gasteiger partial charge in [0.15, 0.2) is 15.0 Å². The van der Waals surface area contributed by atoms with Gasteiger partial charge in [-0.1, -0.05) is 48.1 Å². The number of amides is 1. The van der Waals surface area contributed by atoms with E-state index in [9.17, 15) is 13.2 Å². The lowest BCUT2D eigenvalue weighted by Crippen LogP contribution is -2.14. The first-order chi connectivity index (χ1) is 12.3. The third kappa shape index (κ3) is 3.90. The lowest BCUT2D eigenvalue weighted by molar-refractivity contribution is -0.115. The van der Waals surface area contributed by atoms with Crippen molar-refractivity contribution in [1.82, 2.24) is 4.98 Å². The fourth-order valence-corrected chi connectivity index (χ4v) is 4.60. The van der Waals surface area contributed by atoms with Crippen LogP contribution in [0.3, 0.4) is 0 Å². The summed E-state index contributed by atoms with van der Waals surface area (Å²) in [4.78, 5) is 17.0. The van der Waals surface area contributed by atoms with Crippen LogP contribution in [0.4, 0.5) is 5.13 Å². The van der Waals surface area contributed by atoms with Gasteiger partial charge in [0.25, 0.3) is 0 Å². The molecule has 1 aromatic heterocycles. The highest BCUT2D eigenvalue weighted by Gasteiger charge is 2.14. The summed E-state index contributed by atoms with van der Waals surface area (Å²) in [5.74, 6) is -0.171. The van der Waals surface area contributed by atoms with E-state index in [0.29, 0.717) is 10.2 Å². The number of hydrogen-bond donors (Lipinski definition) is 1. The smallest absolute Gasteiger partial charge is 0.230 e. The van der Waals surface area contributed by atoms with E-state index in [1.54, 1.807) is 19.1 Å². The quantitative estimate of drug-likeness (QED) is 0.685. The molecule has 1 N–H and O–H groups in total. The number of carbonyl (C=O) groups excluding carboxylic acids is 1. The van der Waals surface area contributed by atoms with Crippen molar-refractivity contribution < 1.29 is 13.2 Å². The molecule has 0 aliphatic rings. The molecule has 0 unspecified atom stereocenters. The largest absolute Gasteiger partial charge is 0.302 e. The molecule has 5 nitrogen and oxygen atoms in total. The van der Waals surface area contributed by atoms with Gasteiger partial charge < -0.3 is 5.32 Å². The van der Waals surface area contributed by atoms with Gasteiger partial charge in [-0.05, 0) is 36.2 Å². The van der Waals surface area contributed by atoms with Crippen LogP contribution in [0.1, 0.15) is 18.1 Å². The first-order valence-electron chi connectivity index (χ1n) is 7.97. The molecule has 0 atom stereocenters. The van der Waals surface area contributed by atoms with Gasteiger partial charge in [-0.2, -0.15) is 0 Å². The Labute approximate surface area is 160 Å². The maximum absolute atomic E-state index is 12.3. The maximum atomic E-state index is 12.3. The number of nitrogens with zero attached hydrogens (tertiary/aromatic N) is 1. The molecule has 1 amide bonds. The van der Waals surface area contributed by atoms with Crippen LogP contribution in [-0.4, -0.2) is 25.1 Å². The van der Waals surface area contributed by atoms with Gasteiger partial charge in [-0.25, -0.2) is 13.4 Å². The molecule has 0 saturated carbocycles. The number of anilines is 1. The van der Waals surface area contributed by atoms with Crippen LogP contribution in [0.5, 0.6) is 0 Å². The van der Waals surface area contributed by atoms with E-state index in [4.69, 9.17) is 11.6 Å². The standard InChI is InChI=1S/C18H17ClN2O3S2/c1-3-26(23,24)13-7-5-12(6-8-13)10-15(22)20-18-21-16-11(2)4-9-14(19)17(16)25-18/h4-9H,3,10H2,1-2H3,(H,20,21,22). The molecule has 3 aromatic rings. The van der Waals surface area contributed by atoms with E-state index in [1.807, 2.05) is 19.1 Å². The molecule has 0 aliphatic heterocycles. The molecule has 136 valence electrons. The summed E-state index contributed by atoms with van der Waals surface area (Å²) in [5.41, 5.74) is 2.51. The van der Waals surface area contributed by atoms with Crippen molar-refractivity contribution in [3.8, 4) is 0 Å². The van der Waals surface area contributed by atoms with Gasteiger partial charge in [-0.3, -0.25) is 4.79 Å². The van der Waals surface area contributed by atoms with Gasteiger partial charge in [0.05, 0.1) is 32.3 Å². The Morgan fingerprint density at radius 2 is 1.88 bits per heavy atom. The van der Waals surface area contributed by atoms with E-state index in [0.717, 1.165) is 21.3 Å². The van der Waals surface area contributed by atoms with E-state index >= 15 is 0 Å². The second-order valence-electron chi connectivity index (χ2n) is 5.83. The van der Waals surface area contributed by atoms with Crippen molar-refractivity contribution >= 4 is 54.0 Å². The lowest BCUT2D eigenvalue weighted by atomic mass is 10.1. The molecule has 2 aromatic carbocycles. The van der Waals surface area contributed by atoms with E-state index < -0.39 is 9.84 Å². The molecule has 8 heteroatoms. The van der Waals surface area contributed by atoms with E-state index in [-0.39, 0.29) is 23.0 Å². The summed E-state index contributed by atoms with van der Waals surface area (Å²) >= 11 is 7.51. The Morgan fingerprint density at radius 3 is 2.50 bits per heavy atom. The number of fused-ring (bicyclic) bond motifs is 1.